The Balaban J connectivity index is 1.84. The van der Waals surface area contributed by atoms with Crippen molar-refractivity contribution in [3.63, 3.8) is 0 Å². The van der Waals surface area contributed by atoms with E-state index in [4.69, 9.17) is 4.74 Å². The zero-order valence-corrected chi connectivity index (χ0v) is 12.0. The van der Waals surface area contributed by atoms with Crippen molar-refractivity contribution in [1.29, 1.82) is 0 Å². The maximum Gasteiger partial charge on any atom is 0.225 e. The topological polar surface area (TPSA) is 41.6 Å². The molecule has 4 nitrogen and oxygen atoms in total. The second-order valence-electron chi connectivity index (χ2n) is 5.34. The molecule has 0 spiro atoms. The van der Waals surface area contributed by atoms with Crippen LogP contribution in [0.1, 0.15) is 24.8 Å². The molecule has 0 aromatic heterocycles. The van der Waals surface area contributed by atoms with E-state index in [1.807, 2.05) is 6.07 Å². The Morgan fingerprint density at radius 3 is 2.80 bits per heavy atom. The summed E-state index contributed by atoms with van der Waals surface area (Å²) in [6.07, 6.45) is 2.69. The van der Waals surface area contributed by atoms with Crippen LogP contribution in [-0.2, 0) is 11.3 Å². The van der Waals surface area contributed by atoms with Gasteiger partial charge in [0.15, 0.2) is 0 Å². The molecule has 0 atom stereocenters. The van der Waals surface area contributed by atoms with E-state index in [0.717, 1.165) is 5.56 Å². The summed E-state index contributed by atoms with van der Waals surface area (Å²) in [5.74, 6) is 0.162. The van der Waals surface area contributed by atoms with Crippen LogP contribution in [0, 0.1) is 5.82 Å². The maximum absolute atomic E-state index is 13.5. The molecule has 0 bridgehead atoms. The third-order valence-electron chi connectivity index (χ3n) is 3.19. The number of amides is 1. The molecule has 1 fully saturated rings. The molecule has 0 aliphatic heterocycles. The van der Waals surface area contributed by atoms with Crippen LogP contribution in [0.4, 0.5) is 4.39 Å². The molecule has 1 aliphatic rings. The van der Waals surface area contributed by atoms with E-state index in [0.29, 0.717) is 24.8 Å². The van der Waals surface area contributed by atoms with E-state index in [-0.39, 0.29) is 18.3 Å². The summed E-state index contributed by atoms with van der Waals surface area (Å²) in [4.78, 5) is 12.9. The van der Waals surface area contributed by atoms with Gasteiger partial charge in [-0.1, -0.05) is 0 Å². The summed E-state index contributed by atoms with van der Waals surface area (Å²) in [5.41, 5.74) is 0.867. The van der Waals surface area contributed by atoms with Crippen molar-refractivity contribution < 1.29 is 13.9 Å². The second kappa shape index (κ2) is 6.70. The molecule has 0 unspecified atom stereocenters. The van der Waals surface area contributed by atoms with Crippen molar-refractivity contribution in [2.45, 2.75) is 31.8 Å². The quantitative estimate of drug-likeness (QED) is 0.830. The van der Waals surface area contributed by atoms with E-state index < -0.39 is 0 Å². The van der Waals surface area contributed by atoms with Crippen molar-refractivity contribution in [2.24, 2.45) is 0 Å². The molecule has 1 saturated carbocycles. The number of nitrogens with zero attached hydrogens (tertiary/aromatic N) is 1. The molecule has 1 aromatic rings. The van der Waals surface area contributed by atoms with Crippen molar-refractivity contribution >= 4 is 5.91 Å². The highest BCUT2D eigenvalue weighted by Gasteiger charge is 2.20. The van der Waals surface area contributed by atoms with Gasteiger partial charge in [0.1, 0.15) is 11.6 Å². The molecule has 110 valence electrons. The molecule has 2 rings (SSSR count). The summed E-state index contributed by atoms with van der Waals surface area (Å²) in [6, 6.07) is 5.26. The van der Waals surface area contributed by atoms with Gasteiger partial charge in [0.25, 0.3) is 0 Å². The Bertz CT molecular complexity index is 473. The fourth-order valence-electron chi connectivity index (χ4n) is 1.84. The molecule has 1 N–H and O–H groups in total. The van der Waals surface area contributed by atoms with Gasteiger partial charge in [-0.15, -0.1) is 0 Å². The van der Waals surface area contributed by atoms with Gasteiger partial charge in [0.05, 0.1) is 13.0 Å². The van der Waals surface area contributed by atoms with Crippen LogP contribution in [-0.4, -0.2) is 37.6 Å². The Morgan fingerprint density at radius 2 is 2.15 bits per heavy atom. The fraction of sp³-hybridized carbons (Fsp3) is 0.533. The van der Waals surface area contributed by atoms with Crippen LogP contribution >= 0.6 is 0 Å². The summed E-state index contributed by atoms with van der Waals surface area (Å²) in [5, 5.41) is 3.33. The zero-order chi connectivity index (χ0) is 14.5. The van der Waals surface area contributed by atoms with E-state index in [9.17, 15) is 9.18 Å². The Labute approximate surface area is 118 Å². The van der Waals surface area contributed by atoms with Crippen LogP contribution in [0.15, 0.2) is 18.2 Å². The molecule has 0 heterocycles. The molecular weight excluding hydrogens is 259 g/mol. The van der Waals surface area contributed by atoms with Crippen molar-refractivity contribution in [1.82, 2.24) is 10.2 Å². The van der Waals surface area contributed by atoms with Gasteiger partial charge in [0, 0.05) is 32.7 Å². The monoisotopic (exact) mass is 280 g/mol. The molecule has 5 heteroatoms. The number of nitrogens with one attached hydrogen (secondary N) is 1. The number of carbonyl (C=O) groups is 1. The van der Waals surface area contributed by atoms with Gasteiger partial charge in [-0.2, -0.15) is 0 Å². The van der Waals surface area contributed by atoms with Crippen LogP contribution in [0.3, 0.4) is 0 Å². The molecular formula is C15H21FN2O2. The zero-order valence-electron chi connectivity index (χ0n) is 12.0. The first kappa shape index (κ1) is 14.8. The average molecular weight is 280 g/mol. The third-order valence-corrected chi connectivity index (χ3v) is 3.19. The van der Waals surface area contributed by atoms with Gasteiger partial charge < -0.3 is 15.0 Å². The van der Waals surface area contributed by atoms with Crippen molar-refractivity contribution in [3.05, 3.63) is 29.6 Å². The molecule has 1 aromatic carbocycles. The van der Waals surface area contributed by atoms with Crippen LogP contribution < -0.4 is 10.1 Å². The molecule has 20 heavy (non-hydrogen) atoms. The van der Waals surface area contributed by atoms with Crippen molar-refractivity contribution in [2.75, 3.05) is 20.7 Å². The summed E-state index contributed by atoms with van der Waals surface area (Å²) >= 11 is 0. The first-order valence-electron chi connectivity index (χ1n) is 6.90. The molecule has 0 radical (unpaired) electrons. The first-order valence-corrected chi connectivity index (χ1v) is 6.90. The van der Waals surface area contributed by atoms with E-state index in [1.165, 1.54) is 29.9 Å². The van der Waals surface area contributed by atoms with E-state index in [2.05, 4.69) is 5.32 Å². The number of benzene rings is 1. The highest BCUT2D eigenvalue weighted by molar-refractivity contribution is 5.75. The predicted octanol–water partition coefficient (Wildman–Crippen LogP) is 1.93. The lowest BCUT2D eigenvalue weighted by atomic mass is 10.2. The minimum Gasteiger partial charge on any atom is -0.493 e. The number of halogens is 1. The van der Waals surface area contributed by atoms with Crippen molar-refractivity contribution in [3.8, 4) is 5.75 Å². The fourth-order valence-corrected chi connectivity index (χ4v) is 1.84. The van der Waals surface area contributed by atoms with Gasteiger partial charge in [0.2, 0.25) is 5.91 Å². The smallest absolute Gasteiger partial charge is 0.225 e. The number of hydrogen-bond donors (Lipinski definition) is 1. The van der Waals surface area contributed by atoms with E-state index >= 15 is 0 Å². The first-order chi connectivity index (χ1) is 9.54. The lowest BCUT2D eigenvalue weighted by Gasteiger charge is -2.12. The normalized spacial score (nSPS) is 14.2. The number of ether oxygens (including phenoxy) is 1. The van der Waals surface area contributed by atoms with Gasteiger partial charge in [-0.05, 0) is 30.5 Å². The van der Waals surface area contributed by atoms with E-state index in [1.54, 1.807) is 14.1 Å². The highest BCUT2D eigenvalue weighted by Crippen LogP contribution is 2.21. The standard InChI is InChI=1S/C15H21FN2O2/c1-18(2)15(19)5-6-20-14-8-11(7-12(16)9-14)10-17-13-3-4-13/h7-9,13,17H,3-6,10H2,1-2H3. The maximum atomic E-state index is 13.5. The predicted molar refractivity (Wildman–Crippen MR) is 75.1 cm³/mol. The van der Waals surface area contributed by atoms with Gasteiger partial charge in [-0.25, -0.2) is 4.39 Å². The summed E-state index contributed by atoms with van der Waals surface area (Å²) < 4.78 is 19.0. The molecule has 1 aliphatic carbocycles. The third kappa shape index (κ3) is 4.81. The Hall–Kier alpha value is -1.62. The lowest BCUT2D eigenvalue weighted by Crippen LogP contribution is -2.23. The van der Waals surface area contributed by atoms with Gasteiger partial charge in [-0.3, -0.25) is 4.79 Å². The summed E-state index contributed by atoms with van der Waals surface area (Å²) in [7, 11) is 3.40. The van der Waals surface area contributed by atoms with Crippen LogP contribution in [0.2, 0.25) is 0 Å². The Morgan fingerprint density at radius 1 is 1.40 bits per heavy atom. The number of rotatable bonds is 7. The largest absolute Gasteiger partial charge is 0.493 e. The number of carbonyl (C=O) groups excluding carboxylic acids is 1. The summed E-state index contributed by atoms with van der Waals surface area (Å²) in [6.45, 7) is 0.908. The SMILES string of the molecule is CN(C)C(=O)CCOc1cc(F)cc(CNC2CC2)c1. The molecule has 1 amide bonds. The molecule has 0 saturated heterocycles. The van der Waals surface area contributed by atoms with Crippen LogP contribution in [0.25, 0.3) is 0 Å². The average Bonchev–Trinajstić information content (AvgIpc) is 3.19. The highest BCUT2D eigenvalue weighted by atomic mass is 19.1. The minimum absolute atomic E-state index is 0.00275. The number of hydrogen-bond acceptors (Lipinski definition) is 3. The van der Waals surface area contributed by atoms with Crippen LogP contribution in [0.5, 0.6) is 5.75 Å². The Kier molecular flexibility index (Phi) is 4.95. The lowest BCUT2D eigenvalue weighted by molar-refractivity contribution is -0.129. The van der Waals surface area contributed by atoms with Gasteiger partial charge >= 0.3 is 0 Å². The minimum atomic E-state index is -0.311. The second-order valence-corrected chi connectivity index (χ2v) is 5.34.